The van der Waals surface area contributed by atoms with Crippen molar-refractivity contribution in [2.24, 2.45) is 11.7 Å². The summed E-state index contributed by atoms with van der Waals surface area (Å²) in [5.74, 6) is 0.673. The van der Waals surface area contributed by atoms with Crippen molar-refractivity contribution in [1.29, 1.82) is 0 Å². The van der Waals surface area contributed by atoms with Crippen LogP contribution < -0.4 is 5.73 Å². The zero-order valence-corrected chi connectivity index (χ0v) is 12.8. The van der Waals surface area contributed by atoms with Crippen LogP contribution in [0.1, 0.15) is 37.5 Å². The van der Waals surface area contributed by atoms with Crippen molar-refractivity contribution in [3.63, 3.8) is 0 Å². The maximum absolute atomic E-state index is 6.02. The number of hydrogen-bond donors (Lipinski definition) is 1. The minimum atomic E-state index is 0.219. The van der Waals surface area contributed by atoms with Crippen molar-refractivity contribution in [1.82, 2.24) is 4.90 Å². The summed E-state index contributed by atoms with van der Waals surface area (Å²) in [6.45, 7) is 9.30. The molecule has 0 spiro atoms. The fraction of sp³-hybridized carbons (Fsp3) is 0.647. The van der Waals surface area contributed by atoms with Crippen LogP contribution in [0, 0.1) is 5.92 Å². The molecular formula is C17H28N2O. The van der Waals surface area contributed by atoms with Gasteiger partial charge in [-0.25, -0.2) is 0 Å². The summed E-state index contributed by atoms with van der Waals surface area (Å²) in [5, 5.41) is 0. The van der Waals surface area contributed by atoms with Gasteiger partial charge in [0.2, 0.25) is 0 Å². The summed E-state index contributed by atoms with van der Waals surface area (Å²) in [6, 6.07) is 8.70. The van der Waals surface area contributed by atoms with Gasteiger partial charge in [0.1, 0.15) is 0 Å². The molecule has 1 aliphatic rings. The molecule has 0 saturated heterocycles. The van der Waals surface area contributed by atoms with Crippen LogP contribution in [0.3, 0.4) is 0 Å². The molecule has 1 unspecified atom stereocenters. The van der Waals surface area contributed by atoms with E-state index in [9.17, 15) is 0 Å². The fourth-order valence-corrected chi connectivity index (χ4v) is 2.95. The number of rotatable bonds is 7. The van der Waals surface area contributed by atoms with Crippen molar-refractivity contribution >= 4 is 0 Å². The molecule has 1 heterocycles. The van der Waals surface area contributed by atoms with E-state index in [1.54, 1.807) is 0 Å². The normalized spacial score (nSPS) is 18.6. The summed E-state index contributed by atoms with van der Waals surface area (Å²) in [4.78, 5) is 2.50. The number of nitrogens with zero attached hydrogens (tertiary/aromatic N) is 1. The lowest BCUT2D eigenvalue weighted by Gasteiger charge is -2.32. The van der Waals surface area contributed by atoms with Gasteiger partial charge in [-0.3, -0.25) is 0 Å². The molecule has 2 N–H and O–H groups in total. The molecule has 0 aromatic heterocycles. The third-order valence-electron chi connectivity index (χ3n) is 3.82. The third-order valence-corrected chi connectivity index (χ3v) is 3.82. The molecule has 0 radical (unpaired) electrons. The smallest absolute Gasteiger partial charge is 0.0954 e. The Balaban J connectivity index is 2.03. The molecule has 0 amide bonds. The Labute approximate surface area is 123 Å². The quantitative estimate of drug-likeness (QED) is 0.832. The van der Waals surface area contributed by atoms with Gasteiger partial charge in [0, 0.05) is 13.1 Å². The zero-order chi connectivity index (χ0) is 14.4. The van der Waals surface area contributed by atoms with E-state index in [-0.39, 0.29) is 6.10 Å². The Morgan fingerprint density at radius 2 is 2.15 bits per heavy atom. The van der Waals surface area contributed by atoms with E-state index in [1.807, 2.05) is 0 Å². The summed E-state index contributed by atoms with van der Waals surface area (Å²) in [5.41, 5.74) is 8.49. The Morgan fingerprint density at radius 1 is 1.35 bits per heavy atom. The number of benzene rings is 1. The second kappa shape index (κ2) is 7.77. The molecule has 20 heavy (non-hydrogen) atoms. The largest absolute Gasteiger partial charge is 0.372 e. The lowest BCUT2D eigenvalue weighted by atomic mass is 9.97. The Hall–Kier alpha value is -0.900. The SMILES string of the molecule is CC(C)CN(CCCN)CC1OCCc2ccccc21. The van der Waals surface area contributed by atoms with E-state index in [2.05, 4.69) is 43.0 Å². The second-order valence-electron chi connectivity index (χ2n) is 6.10. The maximum Gasteiger partial charge on any atom is 0.0954 e. The van der Waals surface area contributed by atoms with Gasteiger partial charge in [0.25, 0.3) is 0 Å². The van der Waals surface area contributed by atoms with Gasteiger partial charge in [0.05, 0.1) is 12.7 Å². The Bertz CT molecular complexity index is 406. The molecule has 0 saturated carbocycles. The average molecular weight is 276 g/mol. The van der Waals surface area contributed by atoms with Crippen molar-refractivity contribution in [2.45, 2.75) is 32.8 Å². The molecule has 3 nitrogen and oxygen atoms in total. The highest BCUT2D eigenvalue weighted by Crippen LogP contribution is 2.27. The van der Waals surface area contributed by atoms with Crippen molar-refractivity contribution < 1.29 is 4.74 Å². The first-order valence-corrected chi connectivity index (χ1v) is 7.82. The standard InChI is InChI=1S/C17H28N2O/c1-14(2)12-19(10-5-9-18)13-17-16-7-4-3-6-15(16)8-11-20-17/h3-4,6-7,14,17H,5,8-13,18H2,1-2H3. The first-order chi connectivity index (χ1) is 9.70. The van der Waals surface area contributed by atoms with Crippen LogP contribution in [0.25, 0.3) is 0 Å². The molecular weight excluding hydrogens is 248 g/mol. The molecule has 1 aromatic rings. The van der Waals surface area contributed by atoms with Crippen LogP contribution in [0.2, 0.25) is 0 Å². The van der Waals surface area contributed by atoms with E-state index in [0.29, 0.717) is 5.92 Å². The molecule has 1 atom stereocenters. The molecule has 0 fully saturated rings. The number of hydrogen-bond acceptors (Lipinski definition) is 3. The van der Waals surface area contributed by atoms with E-state index in [0.717, 1.165) is 45.6 Å². The van der Waals surface area contributed by atoms with Crippen LogP contribution in [0.5, 0.6) is 0 Å². The lowest BCUT2D eigenvalue weighted by molar-refractivity contribution is 0.0135. The molecule has 0 bridgehead atoms. The van der Waals surface area contributed by atoms with Crippen molar-refractivity contribution in [3.05, 3.63) is 35.4 Å². The molecule has 0 aliphatic carbocycles. The van der Waals surface area contributed by atoms with Crippen molar-refractivity contribution in [3.8, 4) is 0 Å². The van der Waals surface area contributed by atoms with Gasteiger partial charge >= 0.3 is 0 Å². The van der Waals surface area contributed by atoms with Gasteiger partial charge in [-0.1, -0.05) is 38.1 Å². The Kier molecular flexibility index (Phi) is 6.02. The average Bonchev–Trinajstić information content (AvgIpc) is 2.44. The van der Waals surface area contributed by atoms with Crippen LogP contribution in [0.4, 0.5) is 0 Å². The van der Waals surface area contributed by atoms with Crippen molar-refractivity contribution in [2.75, 3.05) is 32.8 Å². The van der Waals surface area contributed by atoms with Gasteiger partial charge in [0.15, 0.2) is 0 Å². The minimum Gasteiger partial charge on any atom is -0.372 e. The highest BCUT2D eigenvalue weighted by Gasteiger charge is 2.23. The van der Waals surface area contributed by atoms with E-state index in [1.165, 1.54) is 11.1 Å². The van der Waals surface area contributed by atoms with Crippen LogP contribution in [0.15, 0.2) is 24.3 Å². The van der Waals surface area contributed by atoms with E-state index >= 15 is 0 Å². The Morgan fingerprint density at radius 3 is 2.90 bits per heavy atom. The topological polar surface area (TPSA) is 38.5 Å². The highest BCUT2D eigenvalue weighted by atomic mass is 16.5. The van der Waals surface area contributed by atoms with Gasteiger partial charge < -0.3 is 15.4 Å². The predicted molar refractivity (Wildman–Crippen MR) is 83.8 cm³/mol. The number of nitrogens with two attached hydrogens (primary N) is 1. The van der Waals surface area contributed by atoms with E-state index in [4.69, 9.17) is 10.5 Å². The molecule has 1 aliphatic heterocycles. The molecule has 2 rings (SSSR count). The van der Waals surface area contributed by atoms with E-state index < -0.39 is 0 Å². The minimum absolute atomic E-state index is 0.219. The fourth-order valence-electron chi connectivity index (χ4n) is 2.95. The van der Waals surface area contributed by atoms with Crippen LogP contribution in [-0.2, 0) is 11.2 Å². The molecule has 1 aromatic carbocycles. The highest BCUT2D eigenvalue weighted by molar-refractivity contribution is 5.31. The first kappa shape index (κ1) is 15.5. The first-order valence-electron chi connectivity index (χ1n) is 7.82. The summed E-state index contributed by atoms with van der Waals surface area (Å²) >= 11 is 0. The summed E-state index contributed by atoms with van der Waals surface area (Å²) in [6.07, 6.45) is 2.32. The number of ether oxygens (including phenoxy) is 1. The van der Waals surface area contributed by atoms with Gasteiger partial charge in [-0.15, -0.1) is 0 Å². The van der Waals surface area contributed by atoms with Crippen LogP contribution >= 0.6 is 0 Å². The van der Waals surface area contributed by atoms with Gasteiger partial charge in [-0.05, 0) is 43.0 Å². The second-order valence-corrected chi connectivity index (χ2v) is 6.10. The predicted octanol–water partition coefficient (Wildman–Crippen LogP) is 2.61. The third kappa shape index (κ3) is 4.30. The molecule has 3 heteroatoms. The summed E-state index contributed by atoms with van der Waals surface area (Å²) in [7, 11) is 0. The van der Waals surface area contributed by atoms with Gasteiger partial charge in [-0.2, -0.15) is 0 Å². The summed E-state index contributed by atoms with van der Waals surface area (Å²) < 4.78 is 6.02. The van der Waals surface area contributed by atoms with Crippen LogP contribution in [-0.4, -0.2) is 37.7 Å². The lowest BCUT2D eigenvalue weighted by Crippen LogP contribution is -2.36. The molecule has 112 valence electrons. The zero-order valence-electron chi connectivity index (χ0n) is 12.8. The maximum atomic E-state index is 6.02. The monoisotopic (exact) mass is 276 g/mol. The number of fused-ring (bicyclic) bond motifs is 1.